The Balaban J connectivity index is 2.54. The van der Waals surface area contributed by atoms with Crippen molar-refractivity contribution in [2.45, 2.75) is 19.2 Å². The average Bonchev–Trinajstić information content (AvgIpc) is 2.66. The molecule has 0 radical (unpaired) electrons. The van der Waals surface area contributed by atoms with Crippen molar-refractivity contribution >= 4 is 23.2 Å². The largest absolute Gasteiger partial charge is 0.251 e. The normalized spacial score (nSPS) is 10.7. The van der Waals surface area contributed by atoms with E-state index in [2.05, 4.69) is 15.1 Å². The molecule has 4 nitrogen and oxygen atoms in total. The van der Waals surface area contributed by atoms with Crippen molar-refractivity contribution in [2.75, 3.05) is 0 Å². The van der Waals surface area contributed by atoms with Crippen molar-refractivity contribution in [1.29, 1.82) is 0 Å². The first-order valence-corrected chi connectivity index (χ1v) is 5.78. The molecule has 16 heavy (non-hydrogen) atoms. The number of nitrogens with zero attached hydrogens (tertiary/aromatic N) is 4. The molecule has 6 heteroatoms. The Bertz CT molecular complexity index is 481. The number of alkyl halides is 1. The minimum absolute atomic E-state index is 0.342. The molecule has 0 amide bonds. The first-order valence-electron chi connectivity index (χ1n) is 4.87. The zero-order chi connectivity index (χ0) is 11.5. The fourth-order valence-electron chi connectivity index (χ4n) is 1.42. The second-order valence-electron chi connectivity index (χ2n) is 3.16. The van der Waals surface area contributed by atoms with Crippen LogP contribution in [0.25, 0.3) is 5.95 Å². The van der Waals surface area contributed by atoms with Crippen LogP contribution in [0.1, 0.15) is 18.2 Å². The van der Waals surface area contributed by atoms with E-state index in [-0.39, 0.29) is 0 Å². The molecular weight excluding hydrogens is 247 g/mol. The highest BCUT2D eigenvalue weighted by Crippen LogP contribution is 2.24. The van der Waals surface area contributed by atoms with Crippen LogP contribution in [0, 0.1) is 0 Å². The van der Waals surface area contributed by atoms with Crippen molar-refractivity contribution in [1.82, 2.24) is 19.7 Å². The van der Waals surface area contributed by atoms with Crippen molar-refractivity contribution in [3.05, 3.63) is 34.9 Å². The Morgan fingerprint density at radius 1 is 1.31 bits per heavy atom. The monoisotopic (exact) mass is 256 g/mol. The van der Waals surface area contributed by atoms with E-state index in [4.69, 9.17) is 23.2 Å². The van der Waals surface area contributed by atoms with E-state index in [1.54, 1.807) is 18.5 Å². The summed E-state index contributed by atoms with van der Waals surface area (Å²) in [6, 6.07) is 1.74. The molecule has 0 saturated heterocycles. The number of halogens is 2. The van der Waals surface area contributed by atoms with Crippen LogP contribution in [-0.2, 0) is 12.3 Å². The molecule has 2 aromatic heterocycles. The van der Waals surface area contributed by atoms with Crippen LogP contribution < -0.4 is 0 Å². The van der Waals surface area contributed by atoms with Crippen LogP contribution in [0.2, 0.25) is 5.15 Å². The summed E-state index contributed by atoms with van der Waals surface area (Å²) in [7, 11) is 0. The summed E-state index contributed by atoms with van der Waals surface area (Å²) in [6.07, 6.45) is 4.07. The Hall–Kier alpha value is -1.13. The van der Waals surface area contributed by atoms with Gasteiger partial charge in [-0.25, -0.2) is 9.97 Å². The summed E-state index contributed by atoms with van der Waals surface area (Å²) < 4.78 is 1.51. The molecule has 0 N–H and O–H groups in total. The lowest BCUT2D eigenvalue weighted by atomic mass is 10.2. The molecule has 0 spiro atoms. The van der Waals surface area contributed by atoms with Gasteiger partial charge in [0.25, 0.3) is 5.95 Å². The summed E-state index contributed by atoms with van der Waals surface area (Å²) in [6.45, 7) is 2.00. The average molecular weight is 257 g/mol. The van der Waals surface area contributed by atoms with Crippen molar-refractivity contribution in [3.8, 4) is 5.95 Å². The SMILES string of the molecule is CCc1nn(-c2ncccn2)c(Cl)c1CCl. The third-order valence-electron chi connectivity index (χ3n) is 2.21. The number of hydrogen-bond donors (Lipinski definition) is 0. The Morgan fingerprint density at radius 3 is 2.50 bits per heavy atom. The predicted molar refractivity (Wildman–Crippen MR) is 63.1 cm³/mol. The predicted octanol–water partition coefficient (Wildman–Crippen LogP) is 2.62. The van der Waals surface area contributed by atoms with Gasteiger partial charge in [0.15, 0.2) is 0 Å². The van der Waals surface area contributed by atoms with Gasteiger partial charge in [-0.05, 0) is 12.5 Å². The van der Waals surface area contributed by atoms with Crippen LogP contribution >= 0.6 is 23.2 Å². The number of aromatic nitrogens is 4. The Kier molecular flexibility index (Phi) is 3.41. The molecule has 2 aromatic rings. The molecular formula is C10H10Cl2N4. The highest BCUT2D eigenvalue weighted by Gasteiger charge is 2.16. The van der Waals surface area contributed by atoms with Gasteiger partial charge in [0.1, 0.15) is 5.15 Å². The fraction of sp³-hybridized carbons (Fsp3) is 0.300. The summed E-state index contributed by atoms with van der Waals surface area (Å²) in [5, 5.41) is 4.83. The molecule has 2 heterocycles. The molecule has 0 aliphatic rings. The lowest BCUT2D eigenvalue weighted by molar-refractivity contribution is 0.785. The highest BCUT2D eigenvalue weighted by atomic mass is 35.5. The lowest BCUT2D eigenvalue weighted by Gasteiger charge is -1.99. The first kappa shape index (κ1) is 11.4. The van der Waals surface area contributed by atoms with Gasteiger partial charge < -0.3 is 0 Å². The van der Waals surface area contributed by atoms with Gasteiger partial charge in [-0.2, -0.15) is 9.78 Å². The van der Waals surface area contributed by atoms with E-state index >= 15 is 0 Å². The van der Waals surface area contributed by atoms with Crippen LogP contribution in [0.3, 0.4) is 0 Å². The standard InChI is InChI=1S/C10H10Cl2N4/c1-2-8-7(6-11)9(12)16(15-8)10-13-4-3-5-14-10/h3-5H,2,6H2,1H3. The van der Waals surface area contributed by atoms with Crippen LogP contribution in [0.5, 0.6) is 0 Å². The van der Waals surface area contributed by atoms with Crippen molar-refractivity contribution < 1.29 is 0 Å². The Morgan fingerprint density at radius 2 is 2.00 bits per heavy atom. The maximum Gasteiger partial charge on any atom is 0.251 e. The van der Waals surface area contributed by atoms with Gasteiger partial charge in [-0.3, -0.25) is 0 Å². The van der Waals surface area contributed by atoms with Crippen molar-refractivity contribution in [2.24, 2.45) is 0 Å². The summed E-state index contributed by atoms with van der Waals surface area (Å²) in [4.78, 5) is 8.19. The van der Waals surface area contributed by atoms with Gasteiger partial charge in [0, 0.05) is 18.0 Å². The topological polar surface area (TPSA) is 43.6 Å². The van der Waals surface area contributed by atoms with E-state index in [0.29, 0.717) is 17.0 Å². The van der Waals surface area contributed by atoms with Crippen LogP contribution in [0.4, 0.5) is 0 Å². The van der Waals surface area contributed by atoms with E-state index in [9.17, 15) is 0 Å². The molecule has 0 aliphatic heterocycles. The van der Waals surface area contributed by atoms with E-state index < -0.39 is 0 Å². The summed E-state index contributed by atoms with van der Waals surface area (Å²) in [5.74, 6) is 0.799. The lowest BCUT2D eigenvalue weighted by Crippen LogP contribution is -2.02. The van der Waals surface area contributed by atoms with E-state index in [0.717, 1.165) is 17.7 Å². The maximum absolute atomic E-state index is 6.18. The quantitative estimate of drug-likeness (QED) is 0.794. The zero-order valence-corrected chi connectivity index (χ0v) is 10.2. The van der Waals surface area contributed by atoms with Gasteiger partial charge in [0.2, 0.25) is 0 Å². The summed E-state index contributed by atoms with van der Waals surface area (Å²) >= 11 is 12.0. The third-order valence-corrected chi connectivity index (χ3v) is 2.87. The Labute approximate surface area is 103 Å². The number of rotatable bonds is 3. The molecule has 0 atom stereocenters. The van der Waals surface area contributed by atoms with Crippen LogP contribution in [0.15, 0.2) is 18.5 Å². The fourth-order valence-corrected chi connectivity index (χ4v) is 2.06. The molecule has 0 fully saturated rings. The smallest absolute Gasteiger partial charge is 0.220 e. The molecule has 0 aromatic carbocycles. The van der Waals surface area contributed by atoms with Crippen molar-refractivity contribution in [3.63, 3.8) is 0 Å². The highest BCUT2D eigenvalue weighted by molar-refractivity contribution is 6.31. The molecule has 0 aliphatic carbocycles. The van der Waals surface area contributed by atoms with Gasteiger partial charge in [-0.15, -0.1) is 11.6 Å². The van der Waals surface area contributed by atoms with Gasteiger partial charge >= 0.3 is 0 Å². The van der Waals surface area contributed by atoms with Crippen LogP contribution in [-0.4, -0.2) is 19.7 Å². The third kappa shape index (κ3) is 1.90. The molecule has 0 saturated carbocycles. The molecule has 84 valence electrons. The van der Waals surface area contributed by atoms with Gasteiger partial charge in [-0.1, -0.05) is 18.5 Å². The maximum atomic E-state index is 6.18. The van der Waals surface area contributed by atoms with Gasteiger partial charge in [0.05, 0.1) is 11.6 Å². The zero-order valence-electron chi connectivity index (χ0n) is 8.69. The summed E-state index contributed by atoms with van der Waals surface area (Å²) in [5.41, 5.74) is 1.73. The molecule has 0 bridgehead atoms. The van der Waals surface area contributed by atoms with E-state index in [1.165, 1.54) is 4.68 Å². The second-order valence-corrected chi connectivity index (χ2v) is 3.79. The second kappa shape index (κ2) is 4.80. The number of aryl methyl sites for hydroxylation is 1. The molecule has 2 rings (SSSR count). The minimum Gasteiger partial charge on any atom is -0.220 e. The minimum atomic E-state index is 0.342. The first-order chi connectivity index (χ1) is 7.77. The van der Waals surface area contributed by atoms with E-state index in [1.807, 2.05) is 6.92 Å². The number of hydrogen-bond acceptors (Lipinski definition) is 3. The molecule has 0 unspecified atom stereocenters.